The van der Waals surface area contributed by atoms with Gasteiger partial charge in [-0.2, -0.15) is 0 Å². The van der Waals surface area contributed by atoms with Crippen LogP contribution in [0.25, 0.3) is 0 Å². The second-order valence-corrected chi connectivity index (χ2v) is 6.26. The molecule has 1 aromatic carbocycles. The van der Waals surface area contributed by atoms with Crippen molar-refractivity contribution >= 4 is 29.0 Å². The largest absolute Gasteiger partial charge is 0.496 e. The van der Waals surface area contributed by atoms with Gasteiger partial charge in [0.1, 0.15) is 17.1 Å². The number of aromatic nitrogens is 2. The fourth-order valence-electron chi connectivity index (χ4n) is 2.77. The zero-order chi connectivity index (χ0) is 16.2. The van der Waals surface area contributed by atoms with Crippen molar-refractivity contribution in [2.24, 2.45) is 0 Å². The predicted octanol–water partition coefficient (Wildman–Crippen LogP) is 3.11. The number of rotatable bonds is 4. The summed E-state index contributed by atoms with van der Waals surface area (Å²) in [5.41, 5.74) is 1.11. The summed E-state index contributed by atoms with van der Waals surface area (Å²) in [6.45, 7) is 4.42. The third kappa shape index (κ3) is 3.86. The molecular weight excluding hydrogens is 335 g/mol. The van der Waals surface area contributed by atoms with E-state index in [1.807, 2.05) is 18.2 Å². The van der Waals surface area contributed by atoms with E-state index in [4.69, 9.17) is 27.9 Å². The second kappa shape index (κ2) is 7.34. The molecule has 1 aromatic heterocycles. The summed E-state index contributed by atoms with van der Waals surface area (Å²) in [6, 6.07) is 5.72. The number of methoxy groups -OCH3 is 1. The van der Waals surface area contributed by atoms with Crippen LogP contribution in [0.4, 0.5) is 5.82 Å². The van der Waals surface area contributed by atoms with Crippen molar-refractivity contribution in [3.8, 4) is 5.75 Å². The number of piperazine rings is 1. The van der Waals surface area contributed by atoms with Gasteiger partial charge in [-0.25, -0.2) is 9.97 Å². The Balaban J connectivity index is 1.64. The molecular formula is C16H18Cl2N4O. The lowest BCUT2D eigenvalue weighted by Gasteiger charge is -2.35. The second-order valence-electron chi connectivity index (χ2n) is 5.41. The molecule has 0 spiro atoms. The van der Waals surface area contributed by atoms with Crippen molar-refractivity contribution in [2.75, 3.05) is 38.2 Å². The van der Waals surface area contributed by atoms with E-state index in [0.717, 1.165) is 54.9 Å². The van der Waals surface area contributed by atoms with E-state index in [1.165, 1.54) is 6.33 Å². The summed E-state index contributed by atoms with van der Waals surface area (Å²) in [4.78, 5) is 12.8. The summed E-state index contributed by atoms with van der Waals surface area (Å²) in [5, 5.41) is 1.32. The molecule has 5 nitrogen and oxygen atoms in total. The molecule has 0 saturated carbocycles. The van der Waals surface area contributed by atoms with Crippen LogP contribution in [-0.4, -0.2) is 48.2 Å². The van der Waals surface area contributed by atoms with E-state index >= 15 is 0 Å². The monoisotopic (exact) mass is 352 g/mol. The first-order chi connectivity index (χ1) is 11.2. The number of ether oxygens (including phenoxy) is 1. The van der Waals surface area contributed by atoms with E-state index in [-0.39, 0.29) is 0 Å². The minimum atomic E-state index is 0.595. The summed E-state index contributed by atoms with van der Waals surface area (Å²) >= 11 is 12.3. The minimum Gasteiger partial charge on any atom is -0.496 e. The van der Waals surface area contributed by atoms with E-state index in [1.54, 1.807) is 13.3 Å². The van der Waals surface area contributed by atoms with Crippen molar-refractivity contribution in [2.45, 2.75) is 6.54 Å². The highest BCUT2D eigenvalue weighted by Gasteiger charge is 2.20. The highest BCUT2D eigenvalue weighted by atomic mass is 35.5. The molecule has 0 unspecified atom stereocenters. The fourth-order valence-corrected chi connectivity index (χ4v) is 3.19. The molecule has 1 saturated heterocycles. The van der Waals surface area contributed by atoms with Crippen LogP contribution in [0.3, 0.4) is 0 Å². The SMILES string of the molecule is COc1ccc(Cl)cc1CN1CCN(c2ncncc2Cl)CC1. The summed E-state index contributed by atoms with van der Waals surface area (Å²) in [5.74, 6) is 1.68. The van der Waals surface area contributed by atoms with Gasteiger partial charge in [0.15, 0.2) is 5.82 Å². The van der Waals surface area contributed by atoms with Crippen LogP contribution in [-0.2, 0) is 6.54 Å². The lowest BCUT2D eigenvalue weighted by Crippen LogP contribution is -2.46. The van der Waals surface area contributed by atoms with Crippen LogP contribution in [0, 0.1) is 0 Å². The number of nitrogens with zero attached hydrogens (tertiary/aromatic N) is 4. The van der Waals surface area contributed by atoms with Crippen LogP contribution in [0.2, 0.25) is 10.0 Å². The minimum absolute atomic E-state index is 0.595. The Labute approximate surface area is 145 Å². The molecule has 1 fully saturated rings. The molecule has 0 atom stereocenters. The highest BCUT2D eigenvalue weighted by Crippen LogP contribution is 2.26. The van der Waals surface area contributed by atoms with Crippen molar-refractivity contribution < 1.29 is 4.74 Å². The van der Waals surface area contributed by atoms with E-state index in [2.05, 4.69) is 19.8 Å². The van der Waals surface area contributed by atoms with Gasteiger partial charge >= 0.3 is 0 Å². The Morgan fingerprint density at radius 3 is 2.65 bits per heavy atom. The fraction of sp³-hybridized carbons (Fsp3) is 0.375. The molecule has 3 rings (SSSR count). The Morgan fingerprint density at radius 2 is 1.96 bits per heavy atom. The summed E-state index contributed by atoms with van der Waals surface area (Å²) < 4.78 is 5.42. The number of hydrogen-bond donors (Lipinski definition) is 0. The van der Waals surface area contributed by atoms with Gasteiger partial charge in [0.25, 0.3) is 0 Å². The molecule has 0 aliphatic carbocycles. The first-order valence-electron chi connectivity index (χ1n) is 7.42. The Bertz CT molecular complexity index is 675. The van der Waals surface area contributed by atoms with Gasteiger partial charge in [0.05, 0.1) is 13.3 Å². The van der Waals surface area contributed by atoms with Gasteiger partial charge in [-0.3, -0.25) is 4.90 Å². The van der Waals surface area contributed by atoms with E-state index in [0.29, 0.717) is 5.02 Å². The number of hydrogen-bond acceptors (Lipinski definition) is 5. The molecule has 0 bridgehead atoms. The standard InChI is InChI=1S/C16H18Cl2N4O/c1-23-15-3-2-13(17)8-12(15)10-21-4-6-22(7-5-21)16-14(18)9-19-11-20-16/h2-3,8-9,11H,4-7,10H2,1H3. The van der Waals surface area contributed by atoms with Crippen LogP contribution in [0.15, 0.2) is 30.7 Å². The molecule has 1 aliphatic heterocycles. The lowest BCUT2D eigenvalue weighted by atomic mass is 10.1. The number of halogens is 2. The highest BCUT2D eigenvalue weighted by molar-refractivity contribution is 6.32. The maximum atomic E-state index is 6.17. The van der Waals surface area contributed by atoms with Crippen LogP contribution < -0.4 is 9.64 Å². The van der Waals surface area contributed by atoms with Crippen molar-refractivity contribution in [1.29, 1.82) is 0 Å². The zero-order valence-corrected chi connectivity index (χ0v) is 14.4. The molecule has 2 heterocycles. The smallest absolute Gasteiger partial charge is 0.150 e. The first kappa shape index (κ1) is 16.3. The number of anilines is 1. The van der Waals surface area contributed by atoms with Gasteiger partial charge in [-0.1, -0.05) is 23.2 Å². The van der Waals surface area contributed by atoms with Crippen molar-refractivity contribution in [3.63, 3.8) is 0 Å². The first-order valence-corrected chi connectivity index (χ1v) is 8.18. The van der Waals surface area contributed by atoms with Gasteiger partial charge < -0.3 is 9.64 Å². The van der Waals surface area contributed by atoms with Crippen molar-refractivity contribution in [1.82, 2.24) is 14.9 Å². The number of benzene rings is 1. The molecule has 1 aliphatic rings. The molecule has 0 amide bonds. The Kier molecular flexibility index (Phi) is 5.20. The molecule has 122 valence electrons. The Hall–Kier alpha value is -1.56. The maximum Gasteiger partial charge on any atom is 0.150 e. The summed E-state index contributed by atoms with van der Waals surface area (Å²) in [7, 11) is 1.68. The molecule has 23 heavy (non-hydrogen) atoms. The average molecular weight is 353 g/mol. The normalized spacial score (nSPS) is 15.7. The summed E-state index contributed by atoms with van der Waals surface area (Å²) in [6.07, 6.45) is 3.16. The Morgan fingerprint density at radius 1 is 1.17 bits per heavy atom. The van der Waals surface area contributed by atoms with Gasteiger partial charge in [-0.05, 0) is 18.2 Å². The maximum absolute atomic E-state index is 6.17. The predicted molar refractivity (Wildman–Crippen MR) is 92.5 cm³/mol. The lowest BCUT2D eigenvalue weighted by molar-refractivity contribution is 0.245. The van der Waals surface area contributed by atoms with Crippen molar-refractivity contribution in [3.05, 3.63) is 46.3 Å². The van der Waals surface area contributed by atoms with Crippen LogP contribution in [0.5, 0.6) is 5.75 Å². The quantitative estimate of drug-likeness (QED) is 0.845. The molecule has 2 aromatic rings. The topological polar surface area (TPSA) is 41.5 Å². The van der Waals surface area contributed by atoms with E-state index in [9.17, 15) is 0 Å². The van der Waals surface area contributed by atoms with Crippen LogP contribution >= 0.6 is 23.2 Å². The van der Waals surface area contributed by atoms with Gasteiger partial charge in [0, 0.05) is 43.3 Å². The third-order valence-electron chi connectivity index (χ3n) is 3.96. The third-order valence-corrected chi connectivity index (χ3v) is 4.46. The average Bonchev–Trinajstić information content (AvgIpc) is 2.56. The van der Waals surface area contributed by atoms with Gasteiger partial charge in [0.2, 0.25) is 0 Å². The zero-order valence-electron chi connectivity index (χ0n) is 12.9. The van der Waals surface area contributed by atoms with E-state index < -0.39 is 0 Å². The molecule has 0 radical (unpaired) electrons. The van der Waals surface area contributed by atoms with Crippen LogP contribution in [0.1, 0.15) is 5.56 Å². The molecule has 0 N–H and O–H groups in total. The van der Waals surface area contributed by atoms with Gasteiger partial charge in [-0.15, -0.1) is 0 Å². The molecule has 7 heteroatoms.